The second kappa shape index (κ2) is 7.65. The maximum Gasteiger partial charge on any atom is 0.118 e. The molecule has 0 saturated carbocycles. The van der Waals surface area contributed by atoms with Gasteiger partial charge >= 0.3 is 0 Å². The number of hydrogen-bond donors (Lipinski definition) is 1. The Labute approximate surface area is 121 Å². The topological polar surface area (TPSA) is 34.2 Å². The molecule has 2 aromatic rings. The summed E-state index contributed by atoms with van der Waals surface area (Å²) in [4.78, 5) is 4.38. The molecule has 2 rings (SSSR count). The van der Waals surface area contributed by atoms with Crippen LogP contribution in [0, 0.1) is 0 Å². The summed E-state index contributed by atoms with van der Waals surface area (Å²) in [7, 11) is 1.69. The molecule has 0 aliphatic rings. The van der Waals surface area contributed by atoms with Crippen molar-refractivity contribution in [1.82, 2.24) is 10.3 Å². The van der Waals surface area contributed by atoms with Crippen molar-refractivity contribution in [2.45, 2.75) is 25.8 Å². The Morgan fingerprint density at radius 2 is 1.95 bits per heavy atom. The fourth-order valence-corrected chi connectivity index (χ4v) is 2.31. The molecule has 1 aromatic carbocycles. The van der Waals surface area contributed by atoms with Gasteiger partial charge in [-0.3, -0.25) is 4.98 Å². The maximum absolute atomic E-state index is 5.21. The molecule has 0 amide bonds. The molecule has 1 atom stereocenters. The van der Waals surface area contributed by atoms with Crippen molar-refractivity contribution >= 4 is 0 Å². The molecule has 0 fully saturated rings. The van der Waals surface area contributed by atoms with E-state index in [-0.39, 0.29) is 0 Å². The van der Waals surface area contributed by atoms with E-state index in [9.17, 15) is 0 Å². The zero-order valence-corrected chi connectivity index (χ0v) is 12.2. The van der Waals surface area contributed by atoms with Crippen LogP contribution < -0.4 is 10.1 Å². The Morgan fingerprint density at radius 3 is 2.55 bits per heavy atom. The highest BCUT2D eigenvalue weighted by Gasteiger charge is 2.10. The lowest BCUT2D eigenvalue weighted by molar-refractivity contribution is 0.414. The number of aryl methyl sites for hydroxylation is 1. The molecule has 1 unspecified atom stereocenters. The highest BCUT2D eigenvalue weighted by molar-refractivity contribution is 5.29. The van der Waals surface area contributed by atoms with E-state index in [0.29, 0.717) is 6.04 Å². The van der Waals surface area contributed by atoms with Gasteiger partial charge in [-0.2, -0.15) is 0 Å². The molecule has 0 aliphatic heterocycles. The number of methoxy groups -OCH3 is 1. The number of hydrogen-bond acceptors (Lipinski definition) is 3. The SMILES string of the molecule is CCNC(CCc1ccccn1)c1ccc(OC)cc1. The highest BCUT2D eigenvalue weighted by Crippen LogP contribution is 2.21. The van der Waals surface area contributed by atoms with Gasteiger partial charge in [-0.1, -0.05) is 25.1 Å². The van der Waals surface area contributed by atoms with E-state index in [0.717, 1.165) is 30.8 Å². The van der Waals surface area contributed by atoms with Gasteiger partial charge in [0.05, 0.1) is 7.11 Å². The fourth-order valence-electron chi connectivity index (χ4n) is 2.31. The Balaban J connectivity index is 2.02. The molecular formula is C17H22N2O. The van der Waals surface area contributed by atoms with Gasteiger partial charge in [-0.25, -0.2) is 0 Å². The number of nitrogens with zero attached hydrogens (tertiary/aromatic N) is 1. The van der Waals surface area contributed by atoms with Gasteiger partial charge in [0, 0.05) is 17.9 Å². The molecule has 3 nitrogen and oxygen atoms in total. The van der Waals surface area contributed by atoms with E-state index in [2.05, 4.69) is 35.4 Å². The quantitative estimate of drug-likeness (QED) is 0.837. The van der Waals surface area contributed by atoms with Crippen molar-refractivity contribution in [1.29, 1.82) is 0 Å². The van der Waals surface area contributed by atoms with Crippen molar-refractivity contribution in [2.24, 2.45) is 0 Å². The third-order valence-electron chi connectivity index (χ3n) is 3.38. The van der Waals surface area contributed by atoms with Crippen LogP contribution in [0.15, 0.2) is 48.7 Å². The summed E-state index contributed by atoms with van der Waals surface area (Å²) in [6.45, 7) is 3.09. The maximum atomic E-state index is 5.21. The minimum Gasteiger partial charge on any atom is -0.497 e. The molecule has 0 bridgehead atoms. The normalized spacial score (nSPS) is 12.1. The molecule has 0 aliphatic carbocycles. The number of pyridine rings is 1. The van der Waals surface area contributed by atoms with E-state index in [1.165, 1.54) is 5.56 Å². The summed E-state index contributed by atoms with van der Waals surface area (Å²) in [5.41, 5.74) is 2.44. The van der Waals surface area contributed by atoms with Gasteiger partial charge in [0.1, 0.15) is 5.75 Å². The number of rotatable bonds is 7. The average Bonchev–Trinajstić information content (AvgIpc) is 2.52. The van der Waals surface area contributed by atoms with Crippen LogP contribution in [0.1, 0.15) is 30.6 Å². The monoisotopic (exact) mass is 270 g/mol. The van der Waals surface area contributed by atoms with Crippen molar-refractivity contribution in [3.63, 3.8) is 0 Å². The summed E-state index contributed by atoms with van der Waals surface area (Å²) in [6, 6.07) is 14.7. The first kappa shape index (κ1) is 14.5. The van der Waals surface area contributed by atoms with Crippen LogP contribution in [0.5, 0.6) is 5.75 Å². The van der Waals surface area contributed by atoms with Gasteiger partial charge in [0.25, 0.3) is 0 Å². The number of ether oxygens (including phenoxy) is 1. The second-order valence-corrected chi connectivity index (χ2v) is 4.74. The van der Waals surface area contributed by atoms with Gasteiger partial charge < -0.3 is 10.1 Å². The van der Waals surface area contributed by atoms with E-state index >= 15 is 0 Å². The molecule has 3 heteroatoms. The van der Waals surface area contributed by atoms with Gasteiger partial charge in [-0.05, 0) is 49.2 Å². The molecule has 106 valence electrons. The predicted octanol–water partition coefficient (Wildman–Crippen LogP) is 3.37. The van der Waals surface area contributed by atoms with Crippen LogP contribution in [-0.4, -0.2) is 18.6 Å². The minimum absolute atomic E-state index is 0.355. The van der Waals surface area contributed by atoms with Crippen LogP contribution in [0.25, 0.3) is 0 Å². The van der Waals surface area contributed by atoms with Crippen molar-refractivity contribution in [3.8, 4) is 5.75 Å². The molecule has 0 saturated heterocycles. The zero-order chi connectivity index (χ0) is 14.2. The van der Waals surface area contributed by atoms with E-state index in [4.69, 9.17) is 4.74 Å². The van der Waals surface area contributed by atoms with Crippen LogP contribution in [0.4, 0.5) is 0 Å². The lowest BCUT2D eigenvalue weighted by Crippen LogP contribution is -2.21. The first-order valence-corrected chi connectivity index (χ1v) is 7.10. The fraction of sp³-hybridized carbons (Fsp3) is 0.353. The molecule has 0 spiro atoms. The third kappa shape index (κ3) is 4.07. The summed E-state index contributed by atoms with van der Waals surface area (Å²) in [5.74, 6) is 0.897. The summed E-state index contributed by atoms with van der Waals surface area (Å²) >= 11 is 0. The van der Waals surface area contributed by atoms with Crippen molar-refractivity contribution in [3.05, 3.63) is 59.9 Å². The summed E-state index contributed by atoms with van der Waals surface area (Å²) < 4.78 is 5.21. The van der Waals surface area contributed by atoms with Crippen LogP contribution >= 0.6 is 0 Å². The smallest absolute Gasteiger partial charge is 0.118 e. The second-order valence-electron chi connectivity index (χ2n) is 4.74. The number of benzene rings is 1. The Hall–Kier alpha value is -1.87. The standard InChI is InChI=1S/C17H22N2O/c1-3-18-17(12-9-15-6-4-5-13-19-15)14-7-10-16(20-2)11-8-14/h4-8,10-11,13,17-18H,3,9,12H2,1-2H3. The van der Waals surface area contributed by atoms with Crippen molar-refractivity contribution in [2.75, 3.05) is 13.7 Å². The van der Waals surface area contributed by atoms with Crippen molar-refractivity contribution < 1.29 is 4.74 Å². The van der Waals surface area contributed by atoms with Crippen LogP contribution in [0.2, 0.25) is 0 Å². The lowest BCUT2D eigenvalue weighted by atomic mass is 10.0. The Kier molecular flexibility index (Phi) is 5.56. The van der Waals surface area contributed by atoms with Crippen LogP contribution in [-0.2, 0) is 6.42 Å². The van der Waals surface area contributed by atoms with Gasteiger partial charge in [-0.15, -0.1) is 0 Å². The number of aromatic nitrogens is 1. The average molecular weight is 270 g/mol. The molecule has 20 heavy (non-hydrogen) atoms. The Morgan fingerprint density at radius 1 is 1.15 bits per heavy atom. The largest absolute Gasteiger partial charge is 0.497 e. The Bertz CT molecular complexity index is 496. The van der Waals surface area contributed by atoms with E-state index in [1.54, 1.807) is 7.11 Å². The number of nitrogens with one attached hydrogen (secondary N) is 1. The van der Waals surface area contributed by atoms with E-state index < -0.39 is 0 Å². The lowest BCUT2D eigenvalue weighted by Gasteiger charge is -2.18. The van der Waals surface area contributed by atoms with Gasteiger partial charge in [0.2, 0.25) is 0 Å². The first-order valence-electron chi connectivity index (χ1n) is 7.10. The van der Waals surface area contributed by atoms with Gasteiger partial charge in [0.15, 0.2) is 0 Å². The molecule has 0 radical (unpaired) electrons. The molecule has 1 heterocycles. The minimum atomic E-state index is 0.355. The molecule has 1 aromatic heterocycles. The zero-order valence-electron chi connectivity index (χ0n) is 12.2. The van der Waals surface area contributed by atoms with Crippen LogP contribution in [0.3, 0.4) is 0 Å². The van der Waals surface area contributed by atoms with E-state index in [1.807, 2.05) is 30.5 Å². The summed E-state index contributed by atoms with van der Waals surface area (Å²) in [6.07, 6.45) is 3.87. The first-order chi connectivity index (χ1) is 9.83. The highest BCUT2D eigenvalue weighted by atomic mass is 16.5. The summed E-state index contributed by atoms with van der Waals surface area (Å²) in [5, 5.41) is 3.54. The molecular weight excluding hydrogens is 248 g/mol. The third-order valence-corrected chi connectivity index (χ3v) is 3.38. The predicted molar refractivity (Wildman–Crippen MR) is 82.0 cm³/mol. The molecule has 1 N–H and O–H groups in total.